The van der Waals surface area contributed by atoms with Crippen molar-refractivity contribution >= 4 is 21.9 Å². The van der Waals surface area contributed by atoms with Crippen molar-refractivity contribution in [2.24, 2.45) is 0 Å². The fourth-order valence-corrected chi connectivity index (χ4v) is 4.90. The summed E-state index contributed by atoms with van der Waals surface area (Å²) in [5.41, 5.74) is 2.65. The summed E-state index contributed by atoms with van der Waals surface area (Å²) in [6, 6.07) is 7.42. The molecule has 1 aromatic heterocycles. The van der Waals surface area contributed by atoms with E-state index in [1.165, 1.54) is 4.31 Å². The molecule has 1 aromatic carbocycles. The zero-order valence-corrected chi connectivity index (χ0v) is 17.7. The van der Waals surface area contributed by atoms with Gasteiger partial charge in [0, 0.05) is 50.7 Å². The van der Waals surface area contributed by atoms with E-state index < -0.39 is 10.0 Å². The molecule has 1 amide bonds. The highest BCUT2D eigenvalue weighted by Gasteiger charge is 2.27. The maximum absolute atomic E-state index is 12.6. The van der Waals surface area contributed by atoms with Crippen LogP contribution in [0.4, 0.5) is 5.95 Å². The van der Waals surface area contributed by atoms with E-state index in [4.69, 9.17) is 0 Å². The van der Waals surface area contributed by atoms with Crippen LogP contribution in [0.25, 0.3) is 0 Å². The summed E-state index contributed by atoms with van der Waals surface area (Å²) in [5.74, 6) is 0.464. The third-order valence-corrected chi connectivity index (χ3v) is 6.77. The van der Waals surface area contributed by atoms with Gasteiger partial charge in [0.05, 0.1) is 5.75 Å². The first-order valence-corrected chi connectivity index (χ1v) is 11.3. The van der Waals surface area contributed by atoms with Crippen molar-refractivity contribution in [3.63, 3.8) is 0 Å². The minimum Gasteiger partial charge on any atom is -0.352 e. The number of anilines is 1. The van der Waals surface area contributed by atoms with E-state index in [9.17, 15) is 13.2 Å². The topological polar surface area (TPSA) is 95.5 Å². The lowest BCUT2D eigenvalue weighted by Gasteiger charge is -2.33. The van der Waals surface area contributed by atoms with Crippen LogP contribution in [0.2, 0.25) is 0 Å². The molecule has 0 bridgehead atoms. The first kappa shape index (κ1) is 21.2. The summed E-state index contributed by atoms with van der Waals surface area (Å²) in [6.45, 7) is 6.16. The van der Waals surface area contributed by atoms with Crippen LogP contribution in [0, 0.1) is 13.8 Å². The van der Waals surface area contributed by atoms with Crippen LogP contribution in [-0.4, -0.2) is 67.1 Å². The highest BCUT2D eigenvalue weighted by molar-refractivity contribution is 7.89. The van der Waals surface area contributed by atoms with Gasteiger partial charge >= 0.3 is 0 Å². The Labute approximate surface area is 172 Å². The Bertz CT molecular complexity index is 922. The molecule has 0 aliphatic carbocycles. The number of benzene rings is 1. The first-order valence-electron chi connectivity index (χ1n) is 9.71. The summed E-state index contributed by atoms with van der Waals surface area (Å²) in [6.07, 6.45) is 3.73. The molecule has 1 saturated heterocycles. The number of amides is 1. The number of nitrogens with one attached hydrogen (secondary N) is 1. The van der Waals surface area contributed by atoms with Crippen LogP contribution in [0.5, 0.6) is 0 Å². The van der Waals surface area contributed by atoms with E-state index in [1.807, 2.05) is 36.9 Å². The van der Waals surface area contributed by atoms with Crippen molar-refractivity contribution in [1.29, 1.82) is 0 Å². The van der Waals surface area contributed by atoms with Crippen molar-refractivity contribution < 1.29 is 13.2 Å². The first-order chi connectivity index (χ1) is 13.8. The van der Waals surface area contributed by atoms with E-state index in [1.54, 1.807) is 18.5 Å². The summed E-state index contributed by atoms with van der Waals surface area (Å²) >= 11 is 0. The SMILES string of the molecule is Cc1cc(C)cc(C(=O)NCCCS(=O)(=O)N2CCN(c3ncccn3)CC2)c1. The molecule has 8 nitrogen and oxygen atoms in total. The van der Waals surface area contributed by atoms with Gasteiger partial charge < -0.3 is 10.2 Å². The van der Waals surface area contributed by atoms with Crippen LogP contribution < -0.4 is 10.2 Å². The molecule has 1 N–H and O–H groups in total. The molecule has 0 spiro atoms. The van der Waals surface area contributed by atoms with E-state index in [0.29, 0.717) is 50.7 Å². The fourth-order valence-electron chi connectivity index (χ4n) is 3.41. The van der Waals surface area contributed by atoms with Crippen molar-refractivity contribution in [3.05, 3.63) is 53.3 Å². The molecule has 1 fully saturated rings. The molecule has 9 heteroatoms. The Morgan fingerprint density at radius 3 is 2.28 bits per heavy atom. The van der Waals surface area contributed by atoms with Crippen LogP contribution in [0.15, 0.2) is 36.7 Å². The number of hydrogen-bond donors (Lipinski definition) is 1. The molecular formula is C20H27N5O3S. The van der Waals surface area contributed by atoms with Gasteiger partial charge in [-0.05, 0) is 38.5 Å². The highest BCUT2D eigenvalue weighted by atomic mass is 32.2. The number of carbonyl (C=O) groups is 1. The molecule has 0 unspecified atom stereocenters. The lowest BCUT2D eigenvalue weighted by molar-refractivity contribution is 0.0953. The summed E-state index contributed by atoms with van der Waals surface area (Å²) in [7, 11) is -3.35. The Kier molecular flexibility index (Phi) is 6.81. The van der Waals surface area contributed by atoms with Crippen LogP contribution in [0.3, 0.4) is 0 Å². The summed E-state index contributed by atoms with van der Waals surface area (Å²) < 4.78 is 26.7. The summed E-state index contributed by atoms with van der Waals surface area (Å²) in [4.78, 5) is 22.7. The van der Waals surface area contributed by atoms with Gasteiger partial charge in [-0.15, -0.1) is 0 Å². The molecule has 29 heavy (non-hydrogen) atoms. The molecule has 2 aromatic rings. The average molecular weight is 418 g/mol. The zero-order chi connectivity index (χ0) is 20.9. The third-order valence-electron chi connectivity index (χ3n) is 4.82. The monoisotopic (exact) mass is 417 g/mol. The number of aromatic nitrogens is 2. The van der Waals surface area contributed by atoms with Gasteiger partial charge in [0.25, 0.3) is 5.91 Å². The predicted molar refractivity (Wildman–Crippen MR) is 112 cm³/mol. The number of nitrogens with zero attached hydrogens (tertiary/aromatic N) is 4. The molecule has 0 saturated carbocycles. The second-order valence-electron chi connectivity index (χ2n) is 7.24. The van der Waals surface area contributed by atoms with E-state index in [2.05, 4.69) is 15.3 Å². The van der Waals surface area contributed by atoms with Crippen molar-refractivity contribution in [1.82, 2.24) is 19.6 Å². The summed E-state index contributed by atoms with van der Waals surface area (Å²) in [5, 5.41) is 2.81. The molecule has 1 aliphatic heterocycles. The Hall–Kier alpha value is -2.52. The number of aryl methyl sites for hydroxylation is 2. The normalized spacial score (nSPS) is 15.3. The molecule has 0 atom stereocenters. The number of piperazine rings is 1. The molecular weight excluding hydrogens is 390 g/mol. The lowest BCUT2D eigenvalue weighted by Crippen LogP contribution is -2.49. The predicted octanol–water partition coefficient (Wildman–Crippen LogP) is 1.37. The van der Waals surface area contributed by atoms with Gasteiger partial charge in [0.2, 0.25) is 16.0 Å². The fraction of sp³-hybridized carbons (Fsp3) is 0.450. The third kappa shape index (κ3) is 5.74. The Balaban J connectivity index is 1.44. The van der Waals surface area contributed by atoms with Crippen molar-refractivity contribution in [3.8, 4) is 0 Å². The highest BCUT2D eigenvalue weighted by Crippen LogP contribution is 2.13. The van der Waals surface area contributed by atoms with Crippen LogP contribution in [-0.2, 0) is 10.0 Å². The standard InChI is InChI=1S/C20H27N5O3S/c1-16-13-17(2)15-18(14-16)19(26)21-7-4-12-29(27,28)25-10-8-24(9-11-25)20-22-5-3-6-23-20/h3,5-6,13-15H,4,7-12H2,1-2H3,(H,21,26). The van der Waals surface area contributed by atoms with E-state index >= 15 is 0 Å². The maximum atomic E-state index is 12.6. The van der Waals surface area contributed by atoms with Gasteiger partial charge in [0.15, 0.2) is 0 Å². The zero-order valence-electron chi connectivity index (χ0n) is 16.8. The van der Waals surface area contributed by atoms with Gasteiger partial charge in [-0.2, -0.15) is 4.31 Å². The largest absolute Gasteiger partial charge is 0.352 e. The molecule has 156 valence electrons. The van der Waals surface area contributed by atoms with Gasteiger partial charge in [-0.25, -0.2) is 18.4 Å². The minimum atomic E-state index is -3.35. The second kappa shape index (κ2) is 9.32. The van der Waals surface area contributed by atoms with Gasteiger partial charge in [0.1, 0.15) is 0 Å². The number of carbonyl (C=O) groups excluding carboxylic acids is 1. The van der Waals surface area contributed by atoms with Crippen LogP contribution >= 0.6 is 0 Å². The maximum Gasteiger partial charge on any atom is 0.251 e. The van der Waals surface area contributed by atoms with Gasteiger partial charge in [-0.1, -0.05) is 17.2 Å². The van der Waals surface area contributed by atoms with E-state index in [0.717, 1.165) is 11.1 Å². The Morgan fingerprint density at radius 2 is 1.66 bits per heavy atom. The van der Waals surface area contributed by atoms with Crippen LogP contribution in [0.1, 0.15) is 27.9 Å². The average Bonchev–Trinajstić information content (AvgIpc) is 2.71. The number of hydrogen-bond acceptors (Lipinski definition) is 6. The quantitative estimate of drug-likeness (QED) is 0.684. The van der Waals surface area contributed by atoms with Crippen molar-refractivity contribution in [2.45, 2.75) is 20.3 Å². The smallest absolute Gasteiger partial charge is 0.251 e. The Morgan fingerprint density at radius 1 is 1.03 bits per heavy atom. The number of sulfonamides is 1. The van der Waals surface area contributed by atoms with E-state index in [-0.39, 0.29) is 11.7 Å². The minimum absolute atomic E-state index is 0.0158. The number of rotatable bonds is 7. The second-order valence-corrected chi connectivity index (χ2v) is 9.33. The van der Waals surface area contributed by atoms with Crippen molar-refractivity contribution in [2.75, 3.05) is 43.4 Å². The van der Waals surface area contributed by atoms with Gasteiger partial charge in [-0.3, -0.25) is 4.79 Å². The molecule has 2 heterocycles. The molecule has 3 rings (SSSR count). The lowest BCUT2D eigenvalue weighted by atomic mass is 10.1. The molecule has 0 radical (unpaired) electrons. The molecule has 1 aliphatic rings.